The van der Waals surface area contributed by atoms with Gasteiger partial charge in [0.25, 0.3) is 0 Å². The highest BCUT2D eigenvalue weighted by Crippen LogP contribution is 2.29. The number of fused-ring (bicyclic) bond motifs is 1. The Labute approximate surface area is 193 Å². The average molecular weight is 449 g/mol. The van der Waals surface area contributed by atoms with E-state index in [4.69, 9.17) is 9.73 Å². The lowest BCUT2D eigenvalue weighted by Crippen LogP contribution is -2.43. The minimum absolute atomic E-state index is 0.0787. The maximum Gasteiger partial charge on any atom is 0.162 e. The number of allylic oxidation sites excluding steroid dienone is 2. The summed E-state index contributed by atoms with van der Waals surface area (Å²) in [6, 6.07) is 17.6. The third-order valence-electron chi connectivity index (χ3n) is 5.50. The molecule has 0 bridgehead atoms. The molecule has 6 heteroatoms. The predicted molar refractivity (Wildman–Crippen MR) is 130 cm³/mol. The fourth-order valence-electron chi connectivity index (χ4n) is 3.78. The van der Waals surface area contributed by atoms with E-state index in [9.17, 15) is 9.90 Å². The van der Waals surface area contributed by atoms with Crippen LogP contribution in [0.25, 0.3) is 0 Å². The molecule has 0 radical (unpaired) electrons. The molecule has 1 aliphatic carbocycles. The third-order valence-corrected chi connectivity index (χ3v) is 6.58. The normalized spacial score (nSPS) is 20.1. The largest absolute Gasteiger partial charge is 0.491 e. The van der Waals surface area contributed by atoms with Crippen LogP contribution in [0.3, 0.4) is 0 Å². The molecule has 2 aromatic rings. The van der Waals surface area contributed by atoms with Gasteiger partial charge in [0.1, 0.15) is 18.5 Å². The van der Waals surface area contributed by atoms with Crippen LogP contribution in [0, 0.1) is 0 Å². The number of amidine groups is 1. The van der Waals surface area contributed by atoms with Crippen molar-refractivity contribution in [1.82, 2.24) is 4.90 Å². The standard InChI is InChI=1S/C26H28N2O3S/c1-2-25(30)20-12-14-22(15-13-20)31-17-21(29)16-28-24-11-7-6-10-23(24)27-26(28)32-18-19-8-4-3-5-9-19/h3-15,21,23-24,29H,2,16-18H2,1H3/t21-,23-,24-/m1/s1. The second-order valence-corrected chi connectivity index (χ2v) is 8.80. The number of aliphatic hydroxyl groups is 1. The van der Waals surface area contributed by atoms with Gasteiger partial charge in [-0.1, -0.05) is 73.3 Å². The number of aliphatic hydroxyl groups excluding tert-OH is 1. The molecule has 0 saturated heterocycles. The van der Waals surface area contributed by atoms with Crippen LogP contribution in [0.4, 0.5) is 0 Å². The van der Waals surface area contributed by atoms with Crippen molar-refractivity contribution >= 4 is 22.7 Å². The monoisotopic (exact) mass is 448 g/mol. The molecule has 4 rings (SSSR count). The highest BCUT2D eigenvalue weighted by Gasteiger charge is 2.35. The van der Waals surface area contributed by atoms with Crippen LogP contribution in [0.1, 0.15) is 29.3 Å². The number of benzene rings is 2. The van der Waals surface area contributed by atoms with E-state index in [1.165, 1.54) is 5.56 Å². The number of hydrogen-bond acceptors (Lipinski definition) is 6. The van der Waals surface area contributed by atoms with Crippen molar-refractivity contribution < 1.29 is 14.6 Å². The Kier molecular flexibility index (Phi) is 7.45. The van der Waals surface area contributed by atoms with Crippen molar-refractivity contribution in [2.75, 3.05) is 13.2 Å². The van der Waals surface area contributed by atoms with Crippen LogP contribution in [-0.2, 0) is 5.75 Å². The number of carbonyl (C=O) groups excluding carboxylic acids is 1. The van der Waals surface area contributed by atoms with E-state index >= 15 is 0 Å². The van der Waals surface area contributed by atoms with Gasteiger partial charge in [-0.25, -0.2) is 0 Å². The van der Waals surface area contributed by atoms with E-state index in [1.54, 1.807) is 36.0 Å². The molecule has 166 valence electrons. The van der Waals surface area contributed by atoms with Crippen LogP contribution in [0.2, 0.25) is 0 Å². The van der Waals surface area contributed by atoms with Crippen molar-refractivity contribution in [1.29, 1.82) is 0 Å². The molecule has 0 fully saturated rings. The lowest BCUT2D eigenvalue weighted by molar-refractivity contribution is 0.0839. The first-order chi connectivity index (χ1) is 15.6. The summed E-state index contributed by atoms with van der Waals surface area (Å²) in [5, 5.41) is 11.7. The van der Waals surface area contributed by atoms with Gasteiger partial charge in [0, 0.05) is 24.3 Å². The minimum Gasteiger partial charge on any atom is -0.491 e. The van der Waals surface area contributed by atoms with Crippen LogP contribution < -0.4 is 4.74 Å². The highest BCUT2D eigenvalue weighted by atomic mass is 32.2. The lowest BCUT2D eigenvalue weighted by atomic mass is 10.0. The van der Waals surface area contributed by atoms with Gasteiger partial charge in [-0.2, -0.15) is 0 Å². The molecule has 2 aliphatic rings. The van der Waals surface area contributed by atoms with Crippen LogP contribution in [0.15, 0.2) is 83.9 Å². The molecule has 1 aliphatic heterocycles. The van der Waals surface area contributed by atoms with Crippen molar-refractivity contribution in [2.45, 2.75) is 37.3 Å². The number of carbonyl (C=O) groups is 1. The van der Waals surface area contributed by atoms with Gasteiger partial charge in [-0.3, -0.25) is 9.79 Å². The molecule has 2 aromatic carbocycles. The first-order valence-electron chi connectivity index (χ1n) is 10.9. The zero-order chi connectivity index (χ0) is 22.3. The average Bonchev–Trinajstić information content (AvgIpc) is 3.19. The Morgan fingerprint density at radius 3 is 2.62 bits per heavy atom. The molecule has 0 unspecified atom stereocenters. The zero-order valence-corrected chi connectivity index (χ0v) is 18.9. The molecule has 3 atom stereocenters. The number of β-amino-alcohol motifs (C(OH)–C–C–N with tert-alkyl or cyclic N) is 1. The third kappa shape index (κ3) is 5.50. The van der Waals surface area contributed by atoms with Crippen molar-refractivity contribution in [2.24, 2.45) is 4.99 Å². The number of thioether (sulfide) groups is 1. The Hall–Kier alpha value is -2.83. The quantitative estimate of drug-likeness (QED) is 0.573. The molecule has 0 amide bonds. The van der Waals surface area contributed by atoms with E-state index in [1.807, 2.05) is 37.3 Å². The number of nitrogens with zero attached hydrogens (tertiary/aromatic N) is 2. The van der Waals surface area contributed by atoms with Crippen LogP contribution in [0.5, 0.6) is 5.75 Å². The highest BCUT2D eigenvalue weighted by molar-refractivity contribution is 8.13. The first-order valence-corrected chi connectivity index (χ1v) is 11.9. The molecule has 32 heavy (non-hydrogen) atoms. The minimum atomic E-state index is -0.674. The summed E-state index contributed by atoms with van der Waals surface area (Å²) in [4.78, 5) is 18.8. The van der Waals surface area contributed by atoms with Gasteiger partial charge in [0.2, 0.25) is 0 Å². The van der Waals surface area contributed by atoms with Gasteiger partial charge in [-0.15, -0.1) is 0 Å². The van der Waals surface area contributed by atoms with Crippen molar-refractivity contribution in [3.63, 3.8) is 0 Å². The first kappa shape index (κ1) is 22.4. The summed E-state index contributed by atoms with van der Waals surface area (Å²) in [7, 11) is 0. The van der Waals surface area contributed by atoms with Crippen LogP contribution in [-0.4, -0.2) is 52.3 Å². The summed E-state index contributed by atoms with van der Waals surface area (Å²) in [5.74, 6) is 1.58. The summed E-state index contributed by atoms with van der Waals surface area (Å²) >= 11 is 1.70. The summed E-state index contributed by atoms with van der Waals surface area (Å²) < 4.78 is 5.78. The van der Waals surface area contributed by atoms with E-state index in [2.05, 4.69) is 29.2 Å². The zero-order valence-electron chi connectivity index (χ0n) is 18.1. The van der Waals surface area contributed by atoms with Crippen LogP contribution >= 0.6 is 11.8 Å². The molecule has 0 saturated carbocycles. The van der Waals surface area contributed by atoms with Gasteiger partial charge < -0.3 is 14.7 Å². The predicted octanol–water partition coefficient (Wildman–Crippen LogP) is 4.49. The Bertz CT molecular complexity index is 1000. The molecule has 0 aromatic heterocycles. The second kappa shape index (κ2) is 10.7. The Morgan fingerprint density at radius 2 is 1.88 bits per heavy atom. The summed E-state index contributed by atoms with van der Waals surface area (Å²) in [6.45, 7) is 2.45. The Balaban J connectivity index is 1.35. The number of ether oxygens (including phenoxy) is 1. The van der Waals surface area contributed by atoms with E-state index in [-0.39, 0.29) is 24.5 Å². The van der Waals surface area contributed by atoms with Gasteiger partial charge in [0.05, 0.1) is 12.1 Å². The van der Waals surface area contributed by atoms with Gasteiger partial charge in [-0.05, 0) is 29.8 Å². The summed E-state index contributed by atoms with van der Waals surface area (Å²) in [5.41, 5.74) is 1.92. The number of aliphatic imine (C=N–C) groups is 1. The van der Waals surface area contributed by atoms with E-state index in [0.717, 1.165) is 10.9 Å². The molecule has 5 nitrogen and oxygen atoms in total. The molecule has 1 heterocycles. The van der Waals surface area contributed by atoms with Gasteiger partial charge in [0.15, 0.2) is 11.0 Å². The molecular formula is C26H28N2O3S. The smallest absolute Gasteiger partial charge is 0.162 e. The summed E-state index contributed by atoms with van der Waals surface area (Å²) in [6.07, 6.45) is 8.12. The fourth-order valence-corrected chi connectivity index (χ4v) is 4.82. The van der Waals surface area contributed by atoms with Gasteiger partial charge >= 0.3 is 0 Å². The SMILES string of the molecule is CCC(=O)c1ccc(OC[C@H](O)CN2C(SCc3ccccc3)=N[C@@H]3C=CC=C[C@H]32)cc1. The van der Waals surface area contributed by atoms with E-state index in [0.29, 0.717) is 24.3 Å². The lowest BCUT2D eigenvalue weighted by Gasteiger charge is -2.30. The molecule has 1 N–H and O–H groups in total. The molecular weight excluding hydrogens is 420 g/mol. The maximum absolute atomic E-state index is 11.8. The number of rotatable bonds is 9. The maximum atomic E-state index is 11.8. The van der Waals surface area contributed by atoms with Crippen molar-refractivity contribution in [3.8, 4) is 5.75 Å². The topological polar surface area (TPSA) is 62.1 Å². The number of Topliss-reactive ketones (excluding diaryl/α,β-unsaturated/α-hetero) is 1. The fraction of sp³-hybridized carbons (Fsp3) is 0.308. The van der Waals surface area contributed by atoms with E-state index < -0.39 is 6.10 Å². The Morgan fingerprint density at radius 1 is 1.12 bits per heavy atom. The second-order valence-electron chi connectivity index (χ2n) is 7.86. The number of hydrogen-bond donors (Lipinski definition) is 1. The number of ketones is 1. The molecule has 0 spiro atoms. The van der Waals surface area contributed by atoms with Crippen molar-refractivity contribution in [3.05, 3.63) is 90.0 Å².